The molecule has 2 aromatic rings. The molecule has 0 aliphatic heterocycles. The summed E-state index contributed by atoms with van der Waals surface area (Å²) in [4.78, 5) is 0. The summed E-state index contributed by atoms with van der Waals surface area (Å²) in [5, 5.41) is 13.3. The summed E-state index contributed by atoms with van der Waals surface area (Å²) in [6, 6.07) is 7.82. The van der Waals surface area contributed by atoms with Crippen LogP contribution in [-0.4, -0.2) is 27.1 Å². The van der Waals surface area contributed by atoms with Gasteiger partial charge < -0.3 is 5.32 Å². The minimum Gasteiger partial charge on any atom is -0.359 e. The van der Waals surface area contributed by atoms with Gasteiger partial charge in [0.15, 0.2) is 5.11 Å². The molecule has 0 amide bonds. The van der Waals surface area contributed by atoms with Crippen LogP contribution in [-0.2, 0) is 6.54 Å². The molecule has 24 heavy (non-hydrogen) atoms. The minimum absolute atomic E-state index is 0.243. The summed E-state index contributed by atoms with van der Waals surface area (Å²) >= 11 is 17.4. The van der Waals surface area contributed by atoms with Crippen LogP contribution in [0.1, 0.15) is 30.7 Å². The van der Waals surface area contributed by atoms with Crippen LogP contribution < -0.4 is 10.7 Å². The van der Waals surface area contributed by atoms with Crippen LogP contribution in [0.2, 0.25) is 10.2 Å². The lowest BCUT2D eigenvalue weighted by Gasteiger charge is -2.09. The Balaban J connectivity index is 2.08. The van der Waals surface area contributed by atoms with E-state index >= 15 is 0 Å². The first-order valence-corrected chi connectivity index (χ1v) is 8.60. The lowest BCUT2D eigenvalue weighted by Crippen LogP contribution is -2.36. The largest absolute Gasteiger partial charge is 0.359 e. The molecule has 128 valence electrons. The fourth-order valence-corrected chi connectivity index (χ4v) is 2.73. The van der Waals surface area contributed by atoms with Crippen molar-refractivity contribution in [1.82, 2.24) is 20.5 Å². The zero-order valence-corrected chi connectivity index (χ0v) is 16.0. The van der Waals surface area contributed by atoms with Gasteiger partial charge in [-0.25, -0.2) is 4.68 Å². The number of nitrogens with zero attached hydrogens (tertiary/aromatic N) is 3. The third-order valence-corrected chi connectivity index (χ3v) is 3.99. The van der Waals surface area contributed by atoms with Gasteiger partial charge in [0.1, 0.15) is 5.15 Å². The van der Waals surface area contributed by atoms with Crippen LogP contribution in [0.4, 0.5) is 0 Å². The van der Waals surface area contributed by atoms with Gasteiger partial charge in [-0.2, -0.15) is 10.2 Å². The van der Waals surface area contributed by atoms with E-state index in [1.807, 2.05) is 45.0 Å². The fourth-order valence-electron chi connectivity index (χ4n) is 2.03. The quantitative estimate of drug-likeness (QED) is 0.468. The fraction of sp³-hybridized carbons (Fsp3) is 0.312. The molecule has 0 saturated heterocycles. The molecule has 1 aromatic heterocycles. The minimum atomic E-state index is 0.243. The van der Waals surface area contributed by atoms with E-state index in [0.717, 1.165) is 16.8 Å². The Hall–Kier alpha value is -1.63. The summed E-state index contributed by atoms with van der Waals surface area (Å²) in [7, 11) is 0. The Morgan fingerprint density at radius 3 is 2.62 bits per heavy atom. The van der Waals surface area contributed by atoms with Crippen LogP contribution in [0.3, 0.4) is 0 Å². The second-order valence-corrected chi connectivity index (χ2v) is 6.77. The standard InChI is InChI=1S/C16H19Cl2N5S/c1-10(2)20-16(24)21-19-8-14-11(3)22-23(15(14)18)9-12-4-6-13(17)7-5-12/h4-8,10H,9H2,1-3H3,(H2,20,21,24). The molecule has 0 atom stereocenters. The molecule has 0 unspecified atom stereocenters. The highest BCUT2D eigenvalue weighted by Gasteiger charge is 2.12. The maximum absolute atomic E-state index is 6.42. The predicted molar refractivity (Wildman–Crippen MR) is 104 cm³/mol. The van der Waals surface area contributed by atoms with Crippen molar-refractivity contribution < 1.29 is 0 Å². The smallest absolute Gasteiger partial charge is 0.187 e. The molecule has 0 spiro atoms. The molecule has 2 N–H and O–H groups in total. The molecule has 1 aromatic carbocycles. The van der Waals surface area contributed by atoms with Crippen LogP contribution in [0, 0.1) is 6.92 Å². The van der Waals surface area contributed by atoms with Gasteiger partial charge in [0, 0.05) is 11.1 Å². The van der Waals surface area contributed by atoms with Crippen LogP contribution in [0.25, 0.3) is 0 Å². The first kappa shape index (κ1) is 18.7. The highest BCUT2D eigenvalue weighted by atomic mass is 35.5. The van der Waals surface area contributed by atoms with Gasteiger partial charge in [-0.1, -0.05) is 35.3 Å². The molecule has 0 aliphatic rings. The molecule has 0 aliphatic carbocycles. The van der Waals surface area contributed by atoms with Crippen molar-refractivity contribution in [3.8, 4) is 0 Å². The molecular weight excluding hydrogens is 365 g/mol. The third kappa shape index (κ3) is 5.19. The van der Waals surface area contributed by atoms with Crippen molar-refractivity contribution in [2.75, 3.05) is 0 Å². The Morgan fingerprint density at radius 1 is 1.33 bits per heavy atom. The van der Waals surface area contributed by atoms with Crippen molar-refractivity contribution in [1.29, 1.82) is 0 Å². The van der Waals surface area contributed by atoms with E-state index in [-0.39, 0.29) is 6.04 Å². The molecule has 0 bridgehead atoms. The van der Waals surface area contributed by atoms with E-state index in [9.17, 15) is 0 Å². The van der Waals surface area contributed by atoms with Gasteiger partial charge in [-0.3, -0.25) is 5.43 Å². The third-order valence-electron chi connectivity index (χ3n) is 3.13. The van der Waals surface area contributed by atoms with E-state index in [2.05, 4.69) is 20.9 Å². The summed E-state index contributed by atoms with van der Waals surface area (Å²) in [5.41, 5.74) is 5.37. The lowest BCUT2D eigenvalue weighted by molar-refractivity contribution is 0.680. The van der Waals surface area contributed by atoms with Gasteiger partial charge in [0.05, 0.1) is 24.0 Å². The highest BCUT2D eigenvalue weighted by molar-refractivity contribution is 7.80. The van der Waals surface area contributed by atoms with Gasteiger partial charge in [-0.05, 0) is 50.7 Å². The number of halogens is 2. The number of rotatable bonds is 5. The molecule has 0 fully saturated rings. The first-order chi connectivity index (χ1) is 11.4. The van der Waals surface area contributed by atoms with E-state index < -0.39 is 0 Å². The Labute approximate surface area is 157 Å². The van der Waals surface area contributed by atoms with Crippen LogP contribution >= 0.6 is 35.4 Å². The zero-order valence-electron chi connectivity index (χ0n) is 13.7. The van der Waals surface area contributed by atoms with Gasteiger partial charge >= 0.3 is 0 Å². The molecule has 1 heterocycles. The number of hydrogen-bond donors (Lipinski definition) is 2. The average molecular weight is 384 g/mol. The number of nitrogens with one attached hydrogen (secondary N) is 2. The van der Waals surface area contributed by atoms with Gasteiger partial charge in [0.2, 0.25) is 0 Å². The van der Waals surface area contributed by atoms with Crippen molar-refractivity contribution in [2.24, 2.45) is 5.10 Å². The monoisotopic (exact) mass is 383 g/mol. The number of hydrogen-bond acceptors (Lipinski definition) is 3. The van der Waals surface area contributed by atoms with Crippen molar-refractivity contribution in [3.63, 3.8) is 0 Å². The number of thiocarbonyl (C=S) groups is 1. The topological polar surface area (TPSA) is 54.2 Å². The average Bonchev–Trinajstić information content (AvgIpc) is 2.76. The lowest BCUT2D eigenvalue weighted by atomic mass is 10.2. The second kappa shape index (κ2) is 8.46. The van der Waals surface area contributed by atoms with Crippen LogP contribution in [0.5, 0.6) is 0 Å². The maximum atomic E-state index is 6.42. The van der Waals surface area contributed by atoms with E-state index in [4.69, 9.17) is 35.4 Å². The maximum Gasteiger partial charge on any atom is 0.187 e. The Morgan fingerprint density at radius 2 is 2.00 bits per heavy atom. The highest BCUT2D eigenvalue weighted by Crippen LogP contribution is 2.19. The van der Waals surface area contributed by atoms with Crippen molar-refractivity contribution in [3.05, 3.63) is 51.3 Å². The van der Waals surface area contributed by atoms with Crippen molar-refractivity contribution in [2.45, 2.75) is 33.4 Å². The molecular formula is C16H19Cl2N5S. The summed E-state index contributed by atoms with van der Waals surface area (Å²) in [6.07, 6.45) is 1.62. The number of aryl methyl sites for hydroxylation is 1. The number of hydrazone groups is 1. The van der Waals surface area contributed by atoms with Crippen LogP contribution in [0.15, 0.2) is 29.4 Å². The molecule has 0 radical (unpaired) electrons. The van der Waals surface area contributed by atoms with Crippen molar-refractivity contribution >= 4 is 46.7 Å². The van der Waals surface area contributed by atoms with Gasteiger partial charge in [0.25, 0.3) is 0 Å². The summed E-state index contributed by atoms with van der Waals surface area (Å²) in [5.74, 6) is 0. The Bertz CT molecular complexity index is 738. The van der Waals surface area contributed by atoms with E-state index in [1.54, 1.807) is 10.9 Å². The molecule has 8 heteroatoms. The SMILES string of the molecule is Cc1nn(Cc2ccc(Cl)cc2)c(Cl)c1C=NNC(=S)NC(C)C. The molecule has 0 saturated carbocycles. The van der Waals surface area contributed by atoms with E-state index in [1.165, 1.54) is 0 Å². The molecule has 2 rings (SSSR count). The normalized spacial score (nSPS) is 11.2. The Kier molecular flexibility index (Phi) is 6.60. The van der Waals surface area contributed by atoms with E-state index in [0.29, 0.717) is 21.8 Å². The zero-order chi connectivity index (χ0) is 17.7. The summed E-state index contributed by atoms with van der Waals surface area (Å²) in [6.45, 7) is 6.45. The summed E-state index contributed by atoms with van der Waals surface area (Å²) < 4.78 is 1.73. The number of benzene rings is 1. The molecule has 5 nitrogen and oxygen atoms in total. The second-order valence-electron chi connectivity index (χ2n) is 5.57. The first-order valence-electron chi connectivity index (χ1n) is 7.43. The number of aromatic nitrogens is 2. The predicted octanol–water partition coefficient (Wildman–Crippen LogP) is 3.75. The van der Waals surface area contributed by atoms with Gasteiger partial charge in [-0.15, -0.1) is 0 Å².